The van der Waals surface area contributed by atoms with E-state index in [2.05, 4.69) is 5.32 Å². The van der Waals surface area contributed by atoms with Crippen LogP contribution in [0.1, 0.15) is 30.9 Å². The molecule has 1 amide bonds. The number of amides is 1. The molecule has 0 radical (unpaired) electrons. The highest BCUT2D eigenvalue weighted by atomic mass is 32.2. The summed E-state index contributed by atoms with van der Waals surface area (Å²) in [5.74, 6) is 0.382. The Bertz CT molecular complexity index is 1070. The molecule has 0 spiro atoms. The summed E-state index contributed by atoms with van der Waals surface area (Å²) in [4.78, 5) is 12.5. The van der Waals surface area contributed by atoms with Crippen molar-refractivity contribution in [2.45, 2.75) is 37.4 Å². The number of piperidine rings is 1. The molecular weight excluding hydrogens is 445 g/mol. The Morgan fingerprint density at radius 2 is 1.88 bits per heavy atom. The fourth-order valence-corrected chi connectivity index (χ4v) is 5.35. The van der Waals surface area contributed by atoms with E-state index < -0.39 is 32.1 Å². The highest BCUT2D eigenvalue weighted by Gasteiger charge is 2.42. The van der Waals surface area contributed by atoms with E-state index in [1.807, 2.05) is 12.1 Å². The first-order valence-electron chi connectivity index (χ1n) is 10.0. The van der Waals surface area contributed by atoms with Crippen molar-refractivity contribution >= 4 is 15.9 Å². The van der Waals surface area contributed by atoms with E-state index >= 15 is 0 Å². The lowest BCUT2D eigenvalue weighted by Gasteiger charge is -2.38. The lowest BCUT2D eigenvalue weighted by molar-refractivity contribution is -0.137. The number of rotatable bonds is 6. The number of halogens is 3. The van der Waals surface area contributed by atoms with Gasteiger partial charge in [0.2, 0.25) is 15.9 Å². The van der Waals surface area contributed by atoms with Gasteiger partial charge in [-0.25, -0.2) is 8.42 Å². The number of hydrogen-bond donors (Lipinski definition) is 1. The summed E-state index contributed by atoms with van der Waals surface area (Å²) in [6.45, 7) is 1.96. The third-order valence-electron chi connectivity index (χ3n) is 5.62. The molecule has 174 valence electrons. The zero-order valence-corrected chi connectivity index (χ0v) is 18.6. The zero-order valence-electron chi connectivity index (χ0n) is 17.8. The maximum Gasteiger partial charge on any atom is 0.416 e. The quantitative estimate of drug-likeness (QED) is 0.697. The average Bonchev–Trinajstić information content (AvgIpc) is 2.77. The maximum absolute atomic E-state index is 13.0. The highest BCUT2D eigenvalue weighted by molar-refractivity contribution is 7.89. The zero-order chi connectivity index (χ0) is 23.6. The first-order chi connectivity index (χ1) is 15.0. The number of carbonyl (C=O) groups excluding carboxylic acids is 1. The maximum atomic E-state index is 13.0. The highest BCUT2D eigenvalue weighted by Crippen LogP contribution is 2.35. The monoisotopic (exact) mass is 470 g/mol. The molecule has 1 N–H and O–H groups in total. The summed E-state index contributed by atoms with van der Waals surface area (Å²) < 4.78 is 71.3. The van der Waals surface area contributed by atoms with Gasteiger partial charge in [0.15, 0.2) is 0 Å². The van der Waals surface area contributed by atoms with Gasteiger partial charge >= 0.3 is 6.18 Å². The Hall–Kier alpha value is -2.59. The van der Waals surface area contributed by atoms with Crippen molar-refractivity contribution in [2.75, 3.05) is 20.2 Å². The van der Waals surface area contributed by atoms with Crippen LogP contribution >= 0.6 is 0 Å². The van der Waals surface area contributed by atoms with Gasteiger partial charge in [0.05, 0.1) is 23.0 Å². The van der Waals surface area contributed by atoms with Gasteiger partial charge in [-0.05, 0) is 55.7 Å². The van der Waals surface area contributed by atoms with Crippen molar-refractivity contribution in [3.63, 3.8) is 0 Å². The second-order valence-electron chi connectivity index (χ2n) is 8.06. The average molecular weight is 471 g/mol. The molecule has 1 saturated heterocycles. The second-order valence-corrected chi connectivity index (χ2v) is 10.00. The first-order valence-corrected chi connectivity index (χ1v) is 11.5. The molecule has 2 aromatic rings. The SMILES string of the molecule is COc1ccc(CNC(=O)[C@@]2(C)CCCN(S(=O)(=O)c3cccc(C(F)(F)F)c3)C2)cc1. The Labute approximate surface area is 185 Å². The number of benzene rings is 2. The molecule has 0 aliphatic carbocycles. The van der Waals surface area contributed by atoms with Gasteiger partial charge in [0.1, 0.15) is 5.75 Å². The summed E-state index contributed by atoms with van der Waals surface area (Å²) in [6, 6.07) is 10.8. The fraction of sp³-hybridized carbons (Fsp3) is 0.409. The summed E-state index contributed by atoms with van der Waals surface area (Å²) in [6.07, 6.45) is -3.76. The van der Waals surface area contributed by atoms with E-state index in [0.717, 1.165) is 28.1 Å². The van der Waals surface area contributed by atoms with Gasteiger partial charge < -0.3 is 10.1 Å². The molecule has 2 aromatic carbocycles. The summed E-state index contributed by atoms with van der Waals surface area (Å²) in [5.41, 5.74) is -1.18. The van der Waals surface area contributed by atoms with Crippen LogP contribution in [0.4, 0.5) is 13.2 Å². The van der Waals surface area contributed by atoms with Gasteiger partial charge in [-0.3, -0.25) is 4.79 Å². The van der Waals surface area contributed by atoms with Crippen molar-refractivity contribution in [1.29, 1.82) is 0 Å². The van der Waals surface area contributed by atoms with Crippen molar-refractivity contribution in [1.82, 2.24) is 9.62 Å². The molecule has 1 aliphatic heterocycles. The predicted molar refractivity (Wildman–Crippen MR) is 112 cm³/mol. The lowest BCUT2D eigenvalue weighted by Crippen LogP contribution is -2.51. The largest absolute Gasteiger partial charge is 0.497 e. The van der Waals surface area contributed by atoms with E-state index in [1.54, 1.807) is 26.2 Å². The lowest BCUT2D eigenvalue weighted by atomic mass is 9.82. The van der Waals surface area contributed by atoms with Crippen LogP contribution in [0.2, 0.25) is 0 Å². The smallest absolute Gasteiger partial charge is 0.416 e. The molecule has 10 heteroatoms. The number of nitrogens with zero attached hydrogens (tertiary/aromatic N) is 1. The standard InChI is InChI=1S/C22H25F3N2O4S/c1-21(20(28)26-14-16-7-9-18(31-2)10-8-16)11-4-12-27(15-21)32(29,30)19-6-3-5-17(13-19)22(23,24)25/h3,5-10,13H,4,11-12,14-15H2,1-2H3,(H,26,28)/t21-/m0/s1. The molecule has 0 unspecified atom stereocenters. The molecule has 32 heavy (non-hydrogen) atoms. The minimum atomic E-state index is -4.65. The van der Waals surface area contributed by atoms with Gasteiger partial charge in [-0.15, -0.1) is 0 Å². The molecule has 0 bridgehead atoms. The summed E-state index contributed by atoms with van der Waals surface area (Å²) in [5, 5.41) is 2.84. The Kier molecular flexibility index (Phi) is 6.85. The van der Waals surface area contributed by atoms with Crippen LogP contribution < -0.4 is 10.1 Å². The Morgan fingerprint density at radius 1 is 1.19 bits per heavy atom. The number of nitrogens with one attached hydrogen (secondary N) is 1. The molecular formula is C22H25F3N2O4S. The fourth-order valence-electron chi connectivity index (χ4n) is 3.70. The number of alkyl halides is 3. The minimum absolute atomic E-state index is 0.111. The molecule has 1 fully saturated rings. The number of hydrogen-bond acceptors (Lipinski definition) is 4. The summed E-state index contributed by atoms with van der Waals surface area (Å²) >= 11 is 0. The molecule has 0 saturated carbocycles. The normalized spacial score (nSPS) is 20.0. The van der Waals surface area contributed by atoms with E-state index in [-0.39, 0.29) is 25.5 Å². The van der Waals surface area contributed by atoms with E-state index in [0.29, 0.717) is 24.7 Å². The van der Waals surface area contributed by atoms with Crippen LogP contribution in [0.15, 0.2) is 53.4 Å². The minimum Gasteiger partial charge on any atom is -0.497 e. The predicted octanol–water partition coefficient (Wildman–Crippen LogP) is 3.82. The van der Waals surface area contributed by atoms with Crippen molar-refractivity contribution < 1.29 is 31.1 Å². The molecule has 6 nitrogen and oxygen atoms in total. The second kappa shape index (κ2) is 9.11. The van der Waals surface area contributed by atoms with Gasteiger partial charge in [-0.1, -0.05) is 18.2 Å². The molecule has 0 aromatic heterocycles. The molecule has 1 heterocycles. The third kappa shape index (κ3) is 5.24. The van der Waals surface area contributed by atoms with Crippen molar-refractivity contribution in [2.24, 2.45) is 5.41 Å². The third-order valence-corrected chi connectivity index (χ3v) is 7.46. The van der Waals surface area contributed by atoms with E-state index in [9.17, 15) is 26.4 Å². The van der Waals surface area contributed by atoms with Gasteiger partial charge in [0.25, 0.3) is 0 Å². The Morgan fingerprint density at radius 3 is 2.50 bits per heavy atom. The Balaban J connectivity index is 1.73. The van der Waals surface area contributed by atoms with Crippen molar-refractivity contribution in [3.05, 3.63) is 59.7 Å². The van der Waals surface area contributed by atoms with Crippen LogP contribution in [-0.2, 0) is 27.5 Å². The van der Waals surface area contributed by atoms with Crippen LogP contribution in [0.5, 0.6) is 5.75 Å². The number of ether oxygens (including phenoxy) is 1. The summed E-state index contributed by atoms with van der Waals surface area (Å²) in [7, 11) is -2.63. The van der Waals surface area contributed by atoms with E-state index in [1.165, 1.54) is 0 Å². The number of sulfonamides is 1. The first kappa shape index (κ1) is 24.1. The molecule has 3 rings (SSSR count). The molecule has 1 atom stereocenters. The van der Waals surface area contributed by atoms with Crippen LogP contribution in [0, 0.1) is 5.41 Å². The molecule has 1 aliphatic rings. The van der Waals surface area contributed by atoms with Crippen LogP contribution in [0.3, 0.4) is 0 Å². The van der Waals surface area contributed by atoms with Gasteiger partial charge in [-0.2, -0.15) is 17.5 Å². The number of carbonyl (C=O) groups is 1. The van der Waals surface area contributed by atoms with Crippen LogP contribution in [0.25, 0.3) is 0 Å². The van der Waals surface area contributed by atoms with Crippen LogP contribution in [-0.4, -0.2) is 38.8 Å². The topological polar surface area (TPSA) is 75.7 Å². The number of methoxy groups -OCH3 is 1. The van der Waals surface area contributed by atoms with Crippen molar-refractivity contribution in [3.8, 4) is 5.75 Å². The van der Waals surface area contributed by atoms with Gasteiger partial charge in [0, 0.05) is 19.6 Å². The van der Waals surface area contributed by atoms with E-state index in [4.69, 9.17) is 4.74 Å².